The van der Waals surface area contributed by atoms with Gasteiger partial charge in [-0.15, -0.1) is 5.06 Å². The van der Waals surface area contributed by atoms with E-state index in [0.717, 1.165) is 6.92 Å². The molecule has 1 rings (SSSR count). The molecule has 0 fully saturated rings. The second kappa shape index (κ2) is 7.62. The molecule has 1 aromatic rings. The van der Waals surface area contributed by atoms with Crippen LogP contribution in [0.4, 0.5) is 4.79 Å². The highest BCUT2D eigenvalue weighted by atomic mass is 16.8. The quantitative estimate of drug-likeness (QED) is 0.628. The van der Waals surface area contributed by atoms with Crippen molar-refractivity contribution in [2.75, 3.05) is 7.11 Å². The number of hydroxylamine groups is 2. The second-order valence-electron chi connectivity index (χ2n) is 5.73. The summed E-state index contributed by atoms with van der Waals surface area (Å²) in [5, 5.41) is 0.592. The maximum Gasteiger partial charge on any atom is 0.445 e. The molecule has 0 aliphatic rings. The number of methoxy groups -OCH3 is 1. The second-order valence-corrected chi connectivity index (χ2v) is 5.73. The molecule has 126 valence electrons. The number of hydrogen-bond donors (Lipinski definition) is 0. The van der Waals surface area contributed by atoms with Gasteiger partial charge in [-0.05, 0) is 26.3 Å². The normalized spacial score (nSPS) is 12.0. The van der Waals surface area contributed by atoms with Gasteiger partial charge in [-0.3, -0.25) is 4.79 Å². The Labute approximate surface area is 135 Å². The highest BCUT2D eigenvalue weighted by molar-refractivity contribution is 5.83. The summed E-state index contributed by atoms with van der Waals surface area (Å²) in [6.07, 6.45) is -0.966. The van der Waals surface area contributed by atoms with E-state index >= 15 is 0 Å². The van der Waals surface area contributed by atoms with Gasteiger partial charge >= 0.3 is 18.0 Å². The highest BCUT2D eigenvalue weighted by Gasteiger charge is 2.38. The van der Waals surface area contributed by atoms with E-state index in [1.54, 1.807) is 51.1 Å². The fourth-order valence-electron chi connectivity index (χ4n) is 1.75. The first-order valence-corrected chi connectivity index (χ1v) is 6.99. The van der Waals surface area contributed by atoms with Crippen LogP contribution in [0.25, 0.3) is 0 Å². The lowest BCUT2D eigenvalue weighted by Crippen LogP contribution is -2.43. The van der Waals surface area contributed by atoms with Gasteiger partial charge in [-0.1, -0.05) is 30.3 Å². The van der Waals surface area contributed by atoms with Crippen molar-refractivity contribution in [2.45, 2.75) is 39.3 Å². The van der Waals surface area contributed by atoms with E-state index in [-0.39, 0.29) is 0 Å². The molecular formula is C16H21NO6. The van der Waals surface area contributed by atoms with Gasteiger partial charge in [0, 0.05) is 6.92 Å². The van der Waals surface area contributed by atoms with E-state index in [0.29, 0.717) is 10.6 Å². The Balaban J connectivity index is 3.24. The summed E-state index contributed by atoms with van der Waals surface area (Å²) in [6.45, 7) is 6.10. The summed E-state index contributed by atoms with van der Waals surface area (Å²) >= 11 is 0. The van der Waals surface area contributed by atoms with Crippen LogP contribution < -0.4 is 0 Å². The average molecular weight is 323 g/mol. The van der Waals surface area contributed by atoms with Crippen LogP contribution in [0.2, 0.25) is 0 Å². The van der Waals surface area contributed by atoms with Gasteiger partial charge in [0.2, 0.25) is 0 Å². The molecule has 1 aromatic carbocycles. The largest absolute Gasteiger partial charge is 0.467 e. The van der Waals surface area contributed by atoms with Gasteiger partial charge in [0.15, 0.2) is 6.04 Å². The highest BCUT2D eigenvalue weighted by Crippen LogP contribution is 2.25. The Morgan fingerprint density at radius 2 is 1.65 bits per heavy atom. The number of carbonyl (C=O) groups excluding carboxylic acids is 3. The summed E-state index contributed by atoms with van der Waals surface area (Å²) in [5.41, 5.74) is -0.404. The fraction of sp³-hybridized carbons (Fsp3) is 0.438. The van der Waals surface area contributed by atoms with Gasteiger partial charge in [0.25, 0.3) is 0 Å². The third kappa shape index (κ3) is 5.61. The molecule has 0 aliphatic heterocycles. The molecule has 0 spiro atoms. The van der Waals surface area contributed by atoms with Crippen LogP contribution in [0, 0.1) is 0 Å². The summed E-state index contributed by atoms with van der Waals surface area (Å²) in [5.74, 6) is -1.52. The summed E-state index contributed by atoms with van der Waals surface area (Å²) < 4.78 is 9.93. The van der Waals surface area contributed by atoms with Gasteiger partial charge in [0.1, 0.15) is 5.60 Å². The zero-order chi connectivity index (χ0) is 17.6. The van der Waals surface area contributed by atoms with Crippen LogP contribution in [0.15, 0.2) is 30.3 Å². The van der Waals surface area contributed by atoms with Crippen LogP contribution in [0.3, 0.4) is 0 Å². The topological polar surface area (TPSA) is 82.1 Å². The van der Waals surface area contributed by atoms with Crippen LogP contribution in [0.1, 0.15) is 39.3 Å². The lowest BCUT2D eigenvalue weighted by atomic mass is 10.1. The molecular weight excluding hydrogens is 302 g/mol. The van der Waals surface area contributed by atoms with Gasteiger partial charge in [0.05, 0.1) is 7.11 Å². The monoisotopic (exact) mass is 323 g/mol. The van der Waals surface area contributed by atoms with Gasteiger partial charge in [-0.2, -0.15) is 0 Å². The van der Waals surface area contributed by atoms with E-state index in [1.165, 1.54) is 7.11 Å². The zero-order valence-corrected chi connectivity index (χ0v) is 13.9. The first-order valence-electron chi connectivity index (χ1n) is 6.99. The Kier molecular flexibility index (Phi) is 6.12. The predicted molar refractivity (Wildman–Crippen MR) is 81.0 cm³/mol. The third-order valence-electron chi connectivity index (χ3n) is 2.57. The minimum atomic E-state index is -1.26. The molecule has 0 N–H and O–H groups in total. The molecule has 7 nitrogen and oxygen atoms in total. The molecule has 0 bridgehead atoms. The standard InChI is InChI=1S/C16H21NO6/c1-11(18)23-17(15(20)22-16(2,3)4)13(14(19)21-5)12-9-7-6-8-10-12/h6-10,13H,1-5H3/t13-/m1/s1. The smallest absolute Gasteiger partial charge is 0.445 e. The van der Waals surface area contributed by atoms with Gasteiger partial charge in [-0.25, -0.2) is 9.59 Å². The Morgan fingerprint density at radius 3 is 2.09 bits per heavy atom. The van der Waals surface area contributed by atoms with E-state index in [2.05, 4.69) is 0 Å². The van der Waals surface area contributed by atoms with Crippen molar-refractivity contribution in [3.63, 3.8) is 0 Å². The van der Waals surface area contributed by atoms with E-state index in [1.807, 2.05) is 0 Å². The molecule has 7 heteroatoms. The third-order valence-corrected chi connectivity index (χ3v) is 2.57. The molecule has 0 aliphatic carbocycles. The first kappa shape index (κ1) is 18.5. The van der Waals surface area contributed by atoms with Crippen molar-refractivity contribution in [3.05, 3.63) is 35.9 Å². The molecule has 1 atom stereocenters. The Morgan fingerprint density at radius 1 is 1.09 bits per heavy atom. The van der Waals surface area contributed by atoms with Crippen LogP contribution in [-0.4, -0.2) is 35.8 Å². The number of hydrogen-bond acceptors (Lipinski definition) is 6. The van der Waals surface area contributed by atoms with Gasteiger partial charge < -0.3 is 14.3 Å². The van der Waals surface area contributed by atoms with Crippen molar-refractivity contribution < 1.29 is 28.7 Å². The molecule has 0 radical (unpaired) electrons. The molecule has 23 heavy (non-hydrogen) atoms. The van der Waals surface area contributed by atoms with Crippen molar-refractivity contribution in [1.29, 1.82) is 0 Å². The number of ether oxygens (including phenoxy) is 2. The summed E-state index contributed by atoms with van der Waals surface area (Å²) in [7, 11) is 1.18. The van der Waals surface area contributed by atoms with Crippen molar-refractivity contribution in [1.82, 2.24) is 5.06 Å². The molecule has 0 heterocycles. The molecule has 0 unspecified atom stereocenters. The lowest BCUT2D eigenvalue weighted by Gasteiger charge is -2.30. The summed E-state index contributed by atoms with van der Waals surface area (Å²) in [6, 6.07) is 7.09. The SMILES string of the molecule is COC(=O)[C@@H](c1ccccc1)N(OC(C)=O)C(=O)OC(C)(C)C. The Bertz CT molecular complexity index is 564. The van der Waals surface area contributed by atoms with Crippen LogP contribution in [0.5, 0.6) is 0 Å². The van der Waals surface area contributed by atoms with E-state index in [9.17, 15) is 14.4 Å². The number of nitrogens with zero attached hydrogens (tertiary/aromatic N) is 1. The first-order chi connectivity index (χ1) is 10.7. The maximum atomic E-state index is 12.3. The van der Waals surface area contributed by atoms with Crippen molar-refractivity contribution in [3.8, 4) is 0 Å². The average Bonchev–Trinajstić information content (AvgIpc) is 2.45. The molecule has 0 saturated heterocycles. The number of amides is 1. The number of esters is 1. The molecule has 1 amide bonds. The number of rotatable bonds is 3. The van der Waals surface area contributed by atoms with Crippen molar-refractivity contribution in [2.24, 2.45) is 0 Å². The zero-order valence-electron chi connectivity index (χ0n) is 13.9. The Hall–Kier alpha value is -2.57. The lowest BCUT2D eigenvalue weighted by molar-refractivity contribution is -0.198. The predicted octanol–water partition coefficient (Wildman–Crippen LogP) is 2.62. The van der Waals surface area contributed by atoms with E-state index in [4.69, 9.17) is 14.3 Å². The molecule has 0 saturated carbocycles. The van der Waals surface area contributed by atoms with Crippen LogP contribution in [-0.2, 0) is 23.9 Å². The van der Waals surface area contributed by atoms with E-state index < -0.39 is 29.7 Å². The minimum absolute atomic E-state index is 0.423. The van der Waals surface area contributed by atoms with Crippen LogP contribution >= 0.6 is 0 Å². The minimum Gasteiger partial charge on any atom is -0.467 e. The molecule has 0 aromatic heterocycles. The fourth-order valence-corrected chi connectivity index (χ4v) is 1.75. The number of carbonyl (C=O) groups is 3. The van der Waals surface area contributed by atoms with Crippen molar-refractivity contribution >= 4 is 18.0 Å². The summed E-state index contributed by atoms with van der Waals surface area (Å²) in [4.78, 5) is 40.8. The maximum absolute atomic E-state index is 12.3. The number of benzene rings is 1.